The van der Waals surface area contributed by atoms with Crippen LogP contribution in [-0.4, -0.2) is 9.97 Å². The largest absolute Gasteiger partial charge is 0.449 e. The first-order valence-electron chi connectivity index (χ1n) is 17.3. The van der Waals surface area contributed by atoms with Crippen LogP contribution in [0, 0.1) is 0 Å². The van der Waals surface area contributed by atoms with E-state index in [0.29, 0.717) is 17.3 Å². The van der Waals surface area contributed by atoms with Gasteiger partial charge in [-0.05, 0) is 57.3 Å². The van der Waals surface area contributed by atoms with Crippen molar-refractivity contribution in [1.82, 2.24) is 9.97 Å². The molecule has 2 heterocycles. The van der Waals surface area contributed by atoms with Crippen LogP contribution in [0.3, 0.4) is 0 Å². The van der Waals surface area contributed by atoms with Gasteiger partial charge in [0.2, 0.25) is 0 Å². The molecule has 10 rings (SSSR count). The molecule has 7 aromatic carbocycles. The highest BCUT2D eigenvalue weighted by molar-refractivity contribution is 5.90. The monoisotopic (exact) mass is 656 g/mol. The van der Waals surface area contributed by atoms with Crippen molar-refractivity contribution in [2.24, 2.45) is 0 Å². The second-order valence-corrected chi connectivity index (χ2v) is 13.8. The summed E-state index contributed by atoms with van der Waals surface area (Å²) in [5.41, 5.74) is 11.5. The van der Waals surface area contributed by atoms with E-state index in [2.05, 4.69) is 141 Å². The lowest BCUT2D eigenvalue weighted by Gasteiger charge is -2.26. The average molecular weight is 657 g/mol. The highest BCUT2D eigenvalue weighted by atomic mass is 16.6. The molecule has 0 unspecified atom stereocenters. The van der Waals surface area contributed by atoms with E-state index >= 15 is 0 Å². The Morgan fingerprint density at radius 3 is 1.92 bits per heavy atom. The van der Waals surface area contributed by atoms with Gasteiger partial charge in [0.1, 0.15) is 0 Å². The van der Waals surface area contributed by atoms with E-state index in [4.69, 9.17) is 19.4 Å². The number of fused-ring (bicyclic) bond motifs is 7. The summed E-state index contributed by atoms with van der Waals surface area (Å²) in [5.74, 6) is 3.60. The van der Waals surface area contributed by atoms with E-state index in [1.807, 2.05) is 30.3 Å². The smallest absolute Gasteiger partial charge is 0.178 e. The van der Waals surface area contributed by atoms with Crippen LogP contribution >= 0.6 is 0 Å². The van der Waals surface area contributed by atoms with E-state index in [1.54, 1.807) is 0 Å². The molecule has 0 saturated heterocycles. The summed E-state index contributed by atoms with van der Waals surface area (Å²) in [6.45, 7) is 4.55. The van der Waals surface area contributed by atoms with Gasteiger partial charge in [0, 0.05) is 33.2 Å². The Hall–Kier alpha value is -6.52. The fraction of sp³-hybridized carbons (Fsp3) is 0.0638. The summed E-state index contributed by atoms with van der Waals surface area (Å²) in [5, 5.41) is 2.38. The second kappa shape index (κ2) is 11.3. The number of benzene rings is 7. The molecular weight excluding hydrogens is 625 g/mol. The van der Waals surface area contributed by atoms with Crippen molar-refractivity contribution in [2.75, 3.05) is 0 Å². The summed E-state index contributed by atoms with van der Waals surface area (Å²) in [6.07, 6.45) is 0. The van der Waals surface area contributed by atoms with E-state index < -0.39 is 0 Å². The fourth-order valence-electron chi connectivity index (χ4n) is 7.70. The van der Waals surface area contributed by atoms with Gasteiger partial charge in [0.05, 0.1) is 11.4 Å². The van der Waals surface area contributed by atoms with Crippen molar-refractivity contribution < 1.29 is 9.47 Å². The van der Waals surface area contributed by atoms with Crippen molar-refractivity contribution in [3.8, 4) is 79.2 Å². The molecule has 1 aromatic heterocycles. The Balaban J connectivity index is 1.02. The zero-order valence-corrected chi connectivity index (χ0v) is 28.2. The molecule has 242 valence electrons. The molecule has 0 amide bonds. The predicted octanol–water partition coefficient (Wildman–Crippen LogP) is 12.5. The minimum absolute atomic E-state index is 0.116. The Bertz CT molecular complexity index is 2660. The molecule has 2 aliphatic rings. The van der Waals surface area contributed by atoms with Crippen LogP contribution in [-0.2, 0) is 5.41 Å². The molecule has 0 fully saturated rings. The molecular formula is C47H32N2O2. The first-order valence-corrected chi connectivity index (χ1v) is 17.3. The topological polar surface area (TPSA) is 44.2 Å². The summed E-state index contributed by atoms with van der Waals surface area (Å²) in [6, 6.07) is 54.6. The van der Waals surface area contributed by atoms with Gasteiger partial charge in [-0.2, -0.15) is 0 Å². The SMILES string of the molecule is CC1(C)c2ccccc2-c2c1ccc1c2Oc2cccc(-c3ccc(-c4nc(-c5ccccc5)cc(-c5ccc6ccccc6c5)n4)cc3)c2O1. The Kier molecular flexibility index (Phi) is 6.49. The molecule has 0 N–H and O–H groups in total. The molecule has 0 atom stereocenters. The van der Waals surface area contributed by atoms with Crippen molar-refractivity contribution in [3.05, 3.63) is 169 Å². The summed E-state index contributed by atoms with van der Waals surface area (Å²) in [7, 11) is 0. The van der Waals surface area contributed by atoms with Crippen molar-refractivity contribution in [3.63, 3.8) is 0 Å². The number of aromatic nitrogens is 2. The highest BCUT2D eigenvalue weighted by Gasteiger charge is 2.39. The minimum atomic E-state index is -0.116. The zero-order chi connectivity index (χ0) is 34.1. The number of nitrogens with zero attached hydrogens (tertiary/aromatic N) is 2. The quantitative estimate of drug-likeness (QED) is 0.189. The molecule has 0 radical (unpaired) electrons. The van der Waals surface area contributed by atoms with Crippen LogP contribution in [0.1, 0.15) is 25.0 Å². The van der Waals surface area contributed by atoms with Gasteiger partial charge in [-0.15, -0.1) is 0 Å². The van der Waals surface area contributed by atoms with E-state index in [-0.39, 0.29) is 5.41 Å². The standard InChI is InChI=1S/C47H32N2O2/c1-47(2)37-17-9-8-15-36(37)43-38(47)25-26-42-45(43)51-41-18-10-16-35(44(41)50-42)30-20-22-32(23-21-30)46-48-39(31-12-4-3-5-13-31)28-40(49-46)34-24-19-29-11-6-7-14-33(29)27-34/h3-28H,1-2H3. The third kappa shape index (κ3) is 4.75. The third-order valence-corrected chi connectivity index (χ3v) is 10.4. The molecule has 8 aromatic rings. The van der Waals surface area contributed by atoms with E-state index in [9.17, 15) is 0 Å². The van der Waals surface area contributed by atoms with Gasteiger partial charge in [-0.3, -0.25) is 0 Å². The molecule has 1 aliphatic heterocycles. The third-order valence-electron chi connectivity index (χ3n) is 10.4. The number of hydrogen-bond donors (Lipinski definition) is 0. The predicted molar refractivity (Wildman–Crippen MR) is 205 cm³/mol. The normalized spacial score (nSPS) is 13.4. The maximum absolute atomic E-state index is 6.72. The van der Waals surface area contributed by atoms with E-state index in [1.165, 1.54) is 27.5 Å². The Morgan fingerprint density at radius 2 is 1.08 bits per heavy atom. The van der Waals surface area contributed by atoms with Gasteiger partial charge in [0.15, 0.2) is 28.8 Å². The van der Waals surface area contributed by atoms with Crippen LogP contribution in [0.4, 0.5) is 0 Å². The van der Waals surface area contributed by atoms with Crippen LogP contribution < -0.4 is 9.47 Å². The fourth-order valence-corrected chi connectivity index (χ4v) is 7.70. The first-order chi connectivity index (χ1) is 25.0. The summed E-state index contributed by atoms with van der Waals surface area (Å²) >= 11 is 0. The van der Waals surface area contributed by atoms with Gasteiger partial charge in [-0.1, -0.05) is 147 Å². The van der Waals surface area contributed by atoms with Crippen molar-refractivity contribution in [2.45, 2.75) is 19.3 Å². The maximum atomic E-state index is 6.72. The lowest BCUT2D eigenvalue weighted by Crippen LogP contribution is -2.15. The van der Waals surface area contributed by atoms with Gasteiger partial charge < -0.3 is 9.47 Å². The van der Waals surface area contributed by atoms with Crippen molar-refractivity contribution >= 4 is 10.8 Å². The molecule has 51 heavy (non-hydrogen) atoms. The number of ether oxygens (including phenoxy) is 2. The van der Waals surface area contributed by atoms with Gasteiger partial charge in [0.25, 0.3) is 0 Å². The Labute approximate surface area is 296 Å². The molecule has 0 bridgehead atoms. The van der Waals surface area contributed by atoms with Gasteiger partial charge in [-0.25, -0.2) is 9.97 Å². The number of rotatable bonds is 4. The highest BCUT2D eigenvalue weighted by Crippen LogP contribution is 2.59. The average Bonchev–Trinajstić information content (AvgIpc) is 3.43. The molecule has 0 spiro atoms. The molecule has 4 nitrogen and oxygen atoms in total. The minimum Gasteiger partial charge on any atom is -0.449 e. The van der Waals surface area contributed by atoms with Gasteiger partial charge >= 0.3 is 0 Å². The van der Waals surface area contributed by atoms with Crippen LogP contribution in [0.15, 0.2) is 158 Å². The van der Waals surface area contributed by atoms with Crippen LogP contribution in [0.2, 0.25) is 0 Å². The molecule has 0 saturated carbocycles. The molecule has 4 heteroatoms. The van der Waals surface area contributed by atoms with E-state index in [0.717, 1.165) is 56.3 Å². The summed E-state index contributed by atoms with van der Waals surface area (Å²) < 4.78 is 13.4. The number of para-hydroxylation sites is 1. The number of hydrogen-bond acceptors (Lipinski definition) is 4. The van der Waals surface area contributed by atoms with Crippen LogP contribution in [0.5, 0.6) is 23.0 Å². The maximum Gasteiger partial charge on any atom is 0.178 e. The molecule has 1 aliphatic carbocycles. The lowest BCUT2D eigenvalue weighted by molar-refractivity contribution is 0.361. The second-order valence-electron chi connectivity index (χ2n) is 13.8. The van der Waals surface area contributed by atoms with Crippen molar-refractivity contribution in [1.29, 1.82) is 0 Å². The summed E-state index contributed by atoms with van der Waals surface area (Å²) in [4.78, 5) is 10.2. The lowest BCUT2D eigenvalue weighted by atomic mass is 9.82. The van der Waals surface area contributed by atoms with Crippen LogP contribution in [0.25, 0.3) is 66.9 Å². The Morgan fingerprint density at radius 1 is 0.431 bits per heavy atom. The first kappa shape index (κ1) is 29.4. The zero-order valence-electron chi connectivity index (χ0n) is 28.2.